The van der Waals surface area contributed by atoms with E-state index in [4.69, 9.17) is 4.74 Å². The molecule has 3 heteroatoms. The van der Waals surface area contributed by atoms with Crippen LogP contribution in [0.15, 0.2) is 40.6 Å². The van der Waals surface area contributed by atoms with Crippen LogP contribution in [0.1, 0.15) is 12.8 Å². The lowest BCUT2D eigenvalue weighted by molar-refractivity contribution is 0.0825. The minimum atomic E-state index is -0.296. The van der Waals surface area contributed by atoms with Gasteiger partial charge in [-0.25, -0.2) is 0 Å². The SMILES string of the molecule is COC1(N=Nc2ccccc2)CC1. The van der Waals surface area contributed by atoms with Crippen LogP contribution in [0.4, 0.5) is 5.69 Å². The Morgan fingerprint density at radius 1 is 1.23 bits per heavy atom. The van der Waals surface area contributed by atoms with Crippen LogP contribution < -0.4 is 0 Å². The van der Waals surface area contributed by atoms with Crippen molar-refractivity contribution in [2.45, 2.75) is 18.6 Å². The molecule has 0 heterocycles. The van der Waals surface area contributed by atoms with Crippen molar-refractivity contribution < 1.29 is 4.74 Å². The van der Waals surface area contributed by atoms with Crippen molar-refractivity contribution in [3.8, 4) is 0 Å². The third-order valence-corrected chi connectivity index (χ3v) is 2.16. The van der Waals surface area contributed by atoms with Crippen molar-refractivity contribution in [1.82, 2.24) is 0 Å². The predicted molar refractivity (Wildman–Crippen MR) is 49.9 cm³/mol. The number of nitrogens with zero attached hydrogens (tertiary/aromatic N) is 2. The van der Waals surface area contributed by atoms with Crippen LogP contribution >= 0.6 is 0 Å². The van der Waals surface area contributed by atoms with E-state index in [1.165, 1.54) is 0 Å². The van der Waals surface area contributed by atoms with Gasteiger partial charge >= 0.3 is 0 Å². The number of ether oxygens (including phenoxy) is 1. The van der Waals surface area contributed by atoms with Gasteiger partial charge in [0.25, 0.3) is 0 Å². The van der Waals surface area contributed by atoms with Gasteiger partial charge in [0.15, 0.2) is 5.72 Å². The molecule has 0 saturated heterocycles. The van der Waals surface area contributed by atoms with Gasteiger partial charge in [0.05, 0.1) is 5.69 Å². The van der Waals surface area contributed by atoms with Gasteiger partial charge in [-0.2, -0.15) is 10.2 Å². The average Bonchev–Trinajstić information content (AvgIpc) is 2.97. The molecule has 0 atom stereocenters. The van der Waals surface area contributed by atoms with Gasteiger partial charge in [-0.05, 0) is 12.1 Å². The second-order valence-corrected chi connectivity index (χ2v) is 3.19. The summed E-state index contributed by atoms with van der Waals surface area (Å²) in [6.45, 7) is 0. The normalized spacial score (nSPS) is 19.2. The fraction of sp³-hybridized carbons (Fsp3) is 0.400. The van der Waals surface area contributed by atoms with Crippen LogP contribution in [0.2, 0.25) is 0 Å². The summed E-state index contributed by atoms with van der Waals surface area (Å²) >= 11 is 0. The van der Waals surface area contributed by atoms with E-state index >= 15 is 0 Å². The van der Waals surface area contributed by atoms with Crippen LogP contribution in [0.25, 0.3) is 0 Å². The van der Waals surface area contributed by atoms with Crippen LogP contribution in [0.3, 0.4) is 0 Å². The van der Waals surface area contributed by atoms with Crippen molar-refractivity contribution >= 4 is 5.69 Å². The molecule has 3 nitrogen and oxygen atoms in total. The second-order valence-electron chi connectivity index (χ2n) is 3.19. The summed E-state index contributed by atoms with van der Waals surface area (Å²) in [6.07, 6.45) is 1.97. The quantitative estimate of drug-likeness (QED) is 0.652. The molecule has 0 aromatic heterocycles. The van der Waals surface area contributed by atoms with Crippen LogP contribution in [0, 0.1) is 0 Å². The molecule has 0 amide bonds. The maximum atomic E-state index is 5.21. The van der Waals surface area contributed by atoms with Crippen molar-refractivity contribution in [1.29, 1.82) is 0 Å². The number of hydrogen-bond donors (Lipinski definition) is 0. The zero-order valence-electron chi connectivity index (χ0n) is 7.60. The van der Waals surface area contributed by atoms with Crippen LogP contribution in [-0.2, 0) is 4.74 Å². The molecule has 2 rings (SSSR count). The highest BCUT2D eigenvalue weighted by Crippen LogP contribution is 2.41. The first-order valence-corrected chi connectivity index (χ1v) is 4.38. The Bertz CT molecular complexity index is 304. The molecule has 1 aromatic rings. The standard InChI is InChI=1S/C10H12N2O/c1-13-10(7-8-10)12-11-9-5-3-2-4-6-9/h2-6H,7-8H2,1H3. The monoisotopic (exact) mass is 176 g/mol. The highest BCUT2D eigenvalue weighted by Gasteiger charge is 2.43. The Hall–Kier alpha value is -1.22. The highest BCUT2D eigenvalue weighted by molar-refractivity contribution is 5.34. The van der Waals surface area contributed by atoms with Gasteiger partial charge in [0.2, 0.25) is 0 Å². The molecular weight excluding hydrogens is 164 g/mol. The van der Waals surface area contributed by atoms with Gasteiger partial charge in [0.1, 0.15) is 0 Å². The first kappa shape index (κ1) is 8.38. The summed E-state index contributed by atoms with van der Waals surface area (Å²) in [6, 6.07) is 9.70. The number of hydrogen-bond acceptors (Lipinski definition) is 3. The summed E-state index contributed by atoms with van der Waals surface area (Å²) in [5.74, 6) is 0. The molecule has 0 N–H and O–H groups in total. The summed E-state index contributed by atoms with van der Waals surface area (Å²) in [7, 11) is 1.68. The molecule has 0 radical (unpaired) electrons. The highest BCUT2D eigenvalue weighted by atomic mass is 16.5. The van der Waals surface area contributed by atoms with Crippen molar-refractivity contribution in [2.24, 2.45) is 10.2 Å². The third kappa shape index (κ3) is 1.92. The number of benzene rings is 1. The Labute approximate surface area is 77.4 Å². The van der Waals surface area contributed by atoms with Crippen molar-refractivity contribution in [2.75, 3.05) is 7.11 Å². The number of rotatable bonds is 3. The van der Waals surface area contributed by atoms with E-state index in [1.54, 1.807) is 7.11 Å². The zero-order chi connectivity index (χ0) is 9.15. The zero-order valence-corrected chi connectivity index (χ0v) is 7.60. The van der Waals surface area contributed by atoms with Gasteiger partial charge in [-0.15, -0.1) is 0 Å². The van der Waals surface area contributed by atoms with Gasteiger partial charge in [-0.3, -0.25) is 0 Å². The molecule has 1 aromatic carbocycles. The summed E-state index contributed by atoms with van der Waals surface area (Å²) < 4.78 is 5.21. The Balaban J connectivity index is 2.06. The lowest BCUT2D eigenvalue weighted by Crippen LogP contribution is -2.05. The minimum Gasteiger partial charge on any atom is -0.355 e. The molecule has 0 bridgehead atoms. The smallest absolute Gasteiger partial charge is 0.179 e. The van der Waals surface area contributed by atoms with Crippen molar-refractivity contribution in [3.05, 3.63) is 30.3 Å². The first-order valence-electron chi connectivity index (χ1n) is 4.38. The maximum absolute atomic E-state index is 5.21. The Morgan fingerprint density at radius 3 is 2.46 bits per heavy atom. The molecule has 1 aliphatic carbocycles. The molecule has 13 heavy (non-hydrogen) atoms. The topological polar surface area (TPSA) is 34.0 Å². The lowest BCUT2D eigenvalue weighted by atomic mass is 10.3. The van der Waals surface area contributed by atoms with E-state index < -0.39 is 0 Å². The molecule has 0 spiro atoms. The third-order valence-electron chi connectivity index (χ3n) is 2.16. The molecule has 68 valence electrons. The first-order chi connectivity index (χ1) is 6.35. The van der Waals surface area contributed by atoms with E-state index in [1.807, 2.05) is 30.3 Å². The Morgan fingerprint density at radius 2 is 1.92 bits per heavy atom. The van der Waals surface area contributed by atoms with Gasteiger partial charge < -0.3 is 4.74 Å². The molecule has 1 saturated carbocycles. The lowest BCUT2D eigenvalue weighted by Gasteiger charge is -2.03. The molecular formula is C10H12N2O. The molecule has 1 fully saturated rings. The second kappa shape index (κ2) is 3.26. The molecule has 0 aliphatic heterocycles. The average molecular weight is 176 g/mol. The van der Waals surface area contributed by atoms with Crippen molar-refractivity contribution in [3.63, 3.8) is 0 Å². The molecule has 1 aliphatic rings. The van der Waals surface area contributed by atoms with E-state index in [-0.39, 0.29) is 5.72 Å². The van der Waals surface area contributed by atoms with Gasteiger partial charge in [-0.1, -0.05) is 18.2 Å². The van der Waals surface area contributed by atoms with Crippen LogP contribution in [0.5, 0.6) is 0 Å². The largest absolute Gasteiger partial charge is 0.355 e. The maximum Gasteiger partial charge on any atom is 0.179 e. The predicted octanol–water partition coefficient (Wildman–Crippen LogP) is 2.91. The molecule has 0 unspecified atom stereocenters. The van der Waals surface area contributed by atoms with Gasteiger partial charge in [0, 0.05) is 20.0 Å². The van der Waals surface area contributed by atoms with E-state index in [0.29, 0.717) is 0 Å². The van der Waals surface area contributed by atoms with E-state index in [0.717, 1.165) is 18.5 Å². The number of methoxy groups -OCH3 is 1. The summed E-state index contributed by atoms with van der Waals surface area (Å²) in [5, 5.41) is 8.27. The minimum absolute atomic E-state index is 0.296. The summed E-state index contributed by atoms with van der Waals surface area (Å²) in [5.41, 5.74) is 0.585. The fourth-order valence-electron chi connectivity index (χ4n) is 1.10. The number of azo groups is 1. The van der Waals surface area contributed by atoms with E-state index in [2.05, 4.69) is 10.2 Å². The van der Waals surface area contributed by atoms with E-state index in [9.17, 15) is 0 Å². The Kier molecular flexibility index (Phi) is 2.10. The summed E-state index contributed by atoms with van der Waals surface area (Å²) in [4.78, 5) is 0. The fourth-order valence-corrected chi connectivity index (χ4v) is 1.10. The van der Waals surface area contributed by atoms with Crippen LogP contribution in [-0.4, -0.2) is 12.8 Å².